The van der Waals surface area contributed by atoms with Crippen LogP contribution in [0.25, 0.3) is 10.9 Å². The zero-order valence-electron chi connectivity index (χ0n) is 16.5. The molecule has 1 spiro atoms. The van der Waals surface area contributed by atoms with Crippen molar-refractivity contribution in [2.45, 2.75) is 50.9 Å². The molecule has 29 heavy (non-hydrogen) atoms. The van der Waals surface area contributed by atoms with E-state index >= 15 is 0 Å². The molecule has 0 radical (unpaired) electrons. The van der Waals surface area contributed by atoms with Crippen LogP contribution in [-0.2, 0) is 17.8 Å². The third-order valence-electron chi connectivity index (χ3n) is 6.18. The van der Waals surface area contributed by atoms with Crippen molar-refractivity contribution in [3.63, 3.8) is 0 Å². The Bertz CT molecular complexity index is 1050. The number of hydrogen-bond acceptors (Lipinski definition) is 5. The van der Waals surface area contributed by atoms with Crippen LogP contribution < -0.4 is 4.74 Å². The first-order chi connectivity index (χ1) is 14.1. The molecular formula is C21H25N5O3. The van der Waals surface area contributed by atoms with Crippen LogP contribution in [0.5, 0.6) is 5.75 Å². The van der Waals surface area contributed by atoms with E-state index in [0.717, 1.165) is 23.1 Å². The fourth-order valence-corrected chi connectivity index (χ4v) is 4.50. The van der Waals surface area contributed by atoms with Gasteiger partial charge in [0.2, 0.25) is 5.91 Å². The topological polar surface area (TPSA) is 96.3 Å². The lowest BCUT2D eigenvalue weighted by Gasteiger charge is -2.44. The van der Waals surface area contributed by atoms with Crippen molar-refractivity contribution >= 4 is 16.8 Å². The highest BCUT2D eigenvalue weighted by atomic mass is 16.5. The van der Waals surface area contributed by atoms with Gasteiger partial charge in [-0.2, -0.15) is 10.2 Å². The second-order valence-corrected chi connectivity index (χ2v) is 8.02. The lowest BCUT2D eigenvalue weighted by atomic mass is 9.83. The Morgan fingerprint density at radius 1 is 1.34 bits per heavy atom. The quantitative estimate of drug-likeness (QED) is 0.709. The summed E-state index contributed by atoms with van der Waals surface area (Å²) in [7, 11) is 0. The zero-order chi connectivity index (χ0) is 20.0. The van der Waals surface area contributed by atoms with Crippen LogP contribution in [-0.4, -0.2) is 54.6 Å². The number of para-hydroxylation sites is 1. The molecule has 4 heterocycles. The highest BCUT2D eigenvalue weighted by Crippen LogP contribution is 2.43. The minimum atomic E-state index is -0.620. The Morgan fingerprint density at radius 3 is 2.93 bits per heavy atom. The Labute approximate surface area is 168 Å². The van der Waals surface area contributed by atoms with E-state index in [0.29, 0.717) is 50.2 Å². The Hall–Kier alpha value is -2.87. The number of ether oxygens (including phenoxy) is 1. The van der Waals surface area contributed by atoms with E-state index in [-0.39, 0.29) is 5.91 Å². The molecule has 3 aromatic rings. The monoisotopic (exact) mass is 395 g/mol. The van der Waals surface area contributed by atoms with E-state index in [4.69, 9.17) is 4.74 Å². The van der Waals surface area contributed by atoms with Gasteiger partial charge in [0, 0.05) is 44.3 Å². The van der Waals surface area contributed by atoms with Crippen molar-refractivity contribution in [3.05, 3.63) is 41.9 Å². The summed E-state index contributed by atoms with van der Waals surface area (Å²) in [4.78, 5) is 14.8. The number of rotatable bonds is 3. The van der Waals surface area contributed by atoms with Crippen LogP contribution in [0.3, 0.4) is 0 Å². The van der Waals surface area contributed by atoms with E-state index in [1.165, 1.54) is 0 Å². The van der Waals surface area contributed by atoms with Gasteiger partial charge in [0.15, 0.2) is 5.75 Å². The number of carbonyl (C=O) groups excluding carboxylic acids is 1. The molecule has 1 unspecified atom stereocenters. The molecule has 0 bridgehead atoms. The molecule has 8 nitrogen and oxygen atoms in total. The average molecular weight is 395 g/mol. The second-order valence-electron chi connectivity index (χ2n) is 8.02. The highest BCUT2D eigenvalue weighted by molar-refractivity contribution is 5.87. The minimum Gasteiger partial charge on any atom is -0.483 e. The number of aryl methyl sites for hydroxylation is 1. The van der Waals surface area contributed by atoms with E-state index in [1.807, 2.05) is 42.3 Å². The molecule has 1 aromatic carbocycles. The molecule has 1 saturated heterocycles. The number of likely N-dealkylation sites (tertiary alicyclic amines) is 1. The first-order valence-electron chi connectivity index (χ1n) is 10.2. The minimum absolute atomic E-state index is 0.0881. The van der Waals surface area contributed by atoms with E-state index in [2.05, 4.69) is 15.3 Å². The summed E-state index contributed by atoms with van der Waals surface area (Å²) >= 11 is 0. The van der Waals surface area contributed by atoms with Crippen LogP contribution in [0.2, 0.25) is 0 Å². The number of nitrogens with zero attached hydrogens (tertiary/aromatic N) is 4. The molecule has 0 saturated carbocycles. The first-order valence-corrected chi connectivity index (χ1v) is 10.2. The van der Waals surface area contributed by atoms with Crippen molar-refractivity contribution in [2.24, 2.45) is 0 Å². The number of H-pyrrole nitrogens is 1. The molecule has 1 amide bonds. The van der Waals surface area contributed by atoms with Gasteiger partial charge < -0.3 is 14.7 Å². The largest absolute Gasteiger partial charge is 0.483 e. The van der Waals surface area contributed by atoms with Gasteiger partial charge in [0.1, 0.15) is 17.4 Å². The summed E-state index contributed by atoms with van der Waals surface area (Å²) in [6.45, 7) is 3.98. The summed E-state index contributed by atoms with van der Waals surface area (Å²) in [6.07, 6.45) is 3.48. The van der Waals surface area contributed by atoms with Crippen molar-refractivity contribution in [1.82, 2.24) is 24.9 Å². The van der Waals surface area contributed by atoms with Crippen LogP contribution in [0.4, 0.5) is 0 Å². The van der Waals surface area contributed by atoms with Gasteiger partial charge in [-0.1, -0.05) is 18.2 Å². The normalized spacial score (nSPS) is 20.6. The summed E-state index contributed by atoms with van der Waals surface area (Å²) in [5.41, 5.74) is 1.93. The van der Waals surface area contributed by atoms with Crippen molar-refractivity contribution in [3.8, 4) is 5.75 Å². The summed E-state index contributed by atoms with van der Waals surface area (Å²) < 4.78 is 8.10. The van der Waals surface area contributed by atoms with Crippen LogP contribution in [0.15, 0.2) is 30.5 Å². The third-order valence-corrected chi connectivity index (χ3v) is 6.18. The van der Waals surface area contributed by atoms with E-state index in [1.54, 1.807) is 4.68 Å². The highest BCUT2D eigenvalue weighted by Gasteiger charge is 2.44. The molecule has 2 aromatic heterocycles. The van der Waals surface area contributed by atoms with Gasteiger partial charge in [-0.05, 0) is 13.0 Å². The van der Waals surface area contributed by atoms with Crippen molar-refractivity contribution in [2.75, 3.05) is 13.1 Å². The number of fused-ring (bicyclic) bond motifs is 2. The zero-order valence-corrected chi connectivity index (χ0v) is 16.5. The Kier molecular flexibility index (Phi) is 4.31. The number of aromatic nitrogens is 4. The Balaban J connectivity index is 1.26. The fraction of sp³-hybridized carbons (Fsp3) is 0.476. The maximum atomic E-state index is 12.9. The van der Waals surface area contributed by atoms with Crippen LogP contribution in [0.1, 0.15) is 43.7 Å². The van der Waals surface area contributed by atoms with Gasteiger partial charge in [0.25, 0.3) is 0 Å². The molecule has 1 atom stereocenters. The van der Waals surface area contributed by atoms with Gasteiger partial charge in [-0.25, -0.2) is 0 Å². The predicted octanol–water partition coefficient (Wildman–Crippen LogP) is 2.20. The molecule has 5 rings (SSSR count). The molecule has 1 fully saturated rings. The number of nitrogens with one attached hydrogen (secondary N) is 1. The summed E-state index contributed by atoms with van der Waals surface area (Å²) in [5.74, 6) is 0.763. The molecule has 152 valence electrons. The second kappa shape index (κ2) is 6.88. The molecule has 2 aliphatic rings. The molecular weight excluding hydrogens is 370 g/mol. The SMILES string of the molecule is CCn1cc2c(n1)C(O)CC1(CCN(C(=O)Cc3[nH]nc4ccccc34)CC1)O2. The van der Waals surface area contributed by atoms with E-state index in [9.17, 15) is 9.90 Å². The van der Waals surface area contributed by atoms with Crippen LogP contribution in [0, 0.1) is 0 Å². The number of piperidine rings is 1. The number of aliphatic hydroxyl groups excluding tert-OH is 1. The lowest BCUT2D eigenvalue weighted by molar-refractivity contribution is -0.135. The smallest absolute Gasteiger partial charge is 0.228 e. The van der Waals surface area contributed by atoms with Crippen LogP contribution >= 0.6 is 0 Å². The number of carbonyl (C=O) groups is 1. The first kappa shape index (κ1) is 18.2. The molecule has 2 aliphatic heterocycles. The summed E-state index contributed by atoms with van der Waals surface area (Å²) in [6, 6.07) is 7.81. The van der Waals surface area contributed by atoms with Gasteiger partial charge in [-0.15, -0.1) is 0 Å². The maximum absolute atomic E-state index is 12.9. The molecule has 2 N–H and O–H groups in total. The number of hydrogen-bond donors (Lipinski definition) is 2. The van der Waals surface area contributed by atoms with E-state index < -0.39 is 11.7 Å². The van der Waals surface area contributed by atoms with Crippen molar-refractivity contribution < 1.29 is 14.6 Å². The standard InChI is InChI=1S/C21H25N5O3/c1-2-26-13-18-20(24-26)17(27)12-21(29-18)7-9-25(10-8-21)19(28)11-16-14-5-3-4-6-15(14)22-23-16/h3-6,13,17,27H,2,7-12H2,1H3,(H,22,23). The van der Waals surface area contributed by atoms with Crippen molar-refractivity contribution in [1.29, 1.82) is 0 Å². The lowest BCUT2D eigenvalue weighted by Crippen LogP contribution is -2.52. The fourth-order valence-electron chi connectivity index (χ4n) is 4.50. The van der Waals surface area contributed by atoms with Gasteiger partial charge in [0.05, 0.1) is 23.8 Å². The number of amides is 1. The summed E-state index contributed by atoms with van der Waals surface area (Å²) in [5, 5.41) is 23.3. The number of aliphatic hydroxyl groups is 1. The average Bonchev–Trinajstić information content (AvgIpc) is 3.33. The third kappa shape index (κ3) is 3.17. The van der Waals surface area contributed by atoms with Gasteiger partial charge >= 0.3 is 0 Å². The number of aromatic amines is 1. The maximum Gasteiger partial charge on any atom is 0.228 e. The number of benzene rings is 1. The van der Waals surface area contributed by atoms with Gasteiger partial charge in [-0.3, -0.25) is 14.6 Å². The molecule has 8 heteroatoms. The predicted molar refractivity (Wildman–Crippen MR) is 106 cm³/mol. The molecule has 0 aliphatic carbocycles. The Morgan fingerprint density at radius 2 is 2.14 bits per heavy atom.